The van der Waals surface area contributed by atoms with E-state index in [9.17, 15) is 0 Å². The van der Waals surface area contributed by atoms with Crippen molar-refractivity contribution in [2.45, 2.75) is 19.4 Å². The fourth-order valence-corrected chi connectivity index (χ4v) is 1.93. The average molecular weight is 255 g/mol. The van der Waals surface area contributed by atoms with Crippen LogP contribution < -0.4 is 5.73 Å². The molecule has 0 spiro atoms. The molecule has 1 aromatic carbocycles. The van der Waals surface area contributed by atoms with E-state index < -0.39 is 0 Å². The lowest BCUT2D eigenvalue weighted by Gasteiger charge is -2.06. The van der Waals surface area contributed by atoms with E-state index in [-0.39, 0.29) is 6.04 Å². The number of nitrogens with two attached hydrogens (primary N) is 1. The normalized spacial score (nSPS) is 13.0. The number of halogens is 2. The number of aromatic nitrogens is 1. The minimum atomic E-state index is 0.104. The van der Waals surface area contributed by atoms with Crippen molar-refractivity contribution in [3.05, 3.63) is 40.0 Å². The van der Waals surface area contributed by atoms with Gasteiger partial charge in [0.15, 0.2) is 0 Å². The van der Waals surface area contributed by atoms with E-state index in [1.807, 2.05) is 25.1 Å². The molecule has 0 aliphatic heterocycles. The van der Waals surface area contributed by atoms with Crippen molar-refractivity contribution in [2.75, 3.05) is 0 Å². The quantitative estimate of drug-likeness (QED) is 0.892. The number of nitrogens with zero attached hydrogens (tertiary/aromatic N) is 1. The van der Waals surface area contributed by atoms with Gasteiger partial charge in [-0.1, -0.05) is 29.3 Å². The zero-order valence-corrected chi connectivity index (χ0v) is 10.4. The van der Waals surface area contributed by atoms with Gasteiger partial charge in [-0.3, -0.25) is 4.98 Å². The van der Waals surface area contributed by atoms with Crippen molar-refractivity contribution < 1.29 is 0 Å². The van der Waals surface area contributed by atoms with Crippen molar-refractivity contribution in [1.82, 2.24) is 4.98 Å². The number of hydrogen-bond acceptors (Lipinski definition) is 2. The molecule has 0 aliphatic rings. The molecule has 0 saturated heterocycles. The van der Waals surface area contributed by atoms with Gasteiger partial charge in [0.05, 0.1) is 15.6 Å². The molecule has 2 N–H and O–H groups in total. The van der Waals surface area contributed by atoms with Crippen LogP contribution in [0.5, 0.6) is 0 Å². The second kappa shape index (κ2) is 4.58. The molecule has 1 atom stereocenters. The summed E-state index contributed by atoms with van der Waals surface area (Å²) >= 11 is 11.9. The third-order valence-electron chi connectivity index (χ3n) is 2.32. The lowest BCUT2D eigenvalue weighted by atomic mass is 10.1. The fourth-order valence-electron chi connectivity index (χ4n) is 1.60. The summed E-state index contributed by atoms with van der Waals surface area (Å²) in [5.74, 6) is 0. The van der Waals surface area contributed by atoms with E-state index in [2.05, 4.69) is 4.98 Å². The molecular weight excluding hydrogens is 243 g/mol. The van der Waals surface area contributed by atoms with Crippen LogP contribution in [-0.2, 0) is 6.42 Å². The molecule has 1 unspecified atom stereocenters. The van der Waals surface area contributed by atoms with Gasteiger partial charge in [0.1, 0.15) is 0 Å². The van der Waals surface area contributed by atoms with Crippen LogP contribution in [0.25, 0.3) is 10.9 Å². The number of benzene rings is 1. The van der Waals surface area contributed by atoms with Gasteiger partial charge in [-0.25, -0.2) is 0 Å². The number of fused-ring (bicyclic) bond motifs is 1. The standard InChI is InChI=1S/C12H12Cl2N2/c1-7(15)4-9-3-2-8-5-10(13)11(14)6-12(8)16-9/h2-3,5-7H,4,15H2,1H3. The van der Waals surface area contributed by atoms with E-state index in [1.54, 1.807) is 6.07 Å². The molecule has 4 heteroatoms. The zero-order valence-electron chi connectivity index (χ0n) is 8.87. The van der Waals surface area contributed by atoms with Gasteiger partial charge in [-0.15, -0.1) is 0 Å². The number of pyridine rings is 1. The molecule has 0 bridgehead atoms. The highest BCUT2D eigenvalue weighted by Crippen LogP contribution is 2.27. The highest BCUT2D eigenvalue weighted by molar-refractivity contribution is 6.42. The van der Waals surface area contributed by atoms with E-state index in [1.165, 1.54) is 0 Å². The number of hydrogen-bond donors (Lipinski definition) is 1. The maximum Gasteiger partial charge on any atom is 0.0721 e. The third-order valence-corrected chi connectivity index (χ3v) is 3.04. The molecule has 0 amide bonds. The molecule has 84 valence electrons. The van der Waals surface area contributed by atoms with Gasteiger partial charge in [-0.05, 0) is 25.1 Å². The Morgan fingerprint density at radius 2 is 1.94 bits per heavy atom. The Morgan fingerprint density at radius 3 is 2.62 bits per heavy atom. The summed E-state index contributed by atoms with van der Waals surface area (Å²) in [7, 11) is 0. The first-order valence-electron chi connectivity index (χ1n) is 5.06. The highest BCUT2D eigenvalue weighted by Gasteiger charge is 2.04. The largest absolute Gasteiger partial charge is 0.328 e. The van der Waals surface area contributed by atoms with E-state index in [0.29, 0.717) is 10.0 Å². The van der Waals surface area contributed by atoms with Crippen LogP contribution in [0, 0.1) is 0 Å². The minimum absolute atomic E-state index is 0.104. The van der Waals surface area contributed by atoms with Crippen LogP contribution in [0.4, 0.5) is 0 Å². The van der Waals surface area contributed by atoms with Crippen LogP contribution in [0.1, 0.15) is 12.6 Å². The maximum atomic E-state index is 5.95. The van der Waals surface area contributed by atoms with Gasteiger partial charge in [0, 0.05) is 23.5 Å². The number of rotatable bonds is 2. The summed E-state index contributed by atoms with van der Waals surface area (Å²) in [6, 6.07) is 7.66. The molecule has 2 rings (SSSR count). The molecule has 0 saturated carbocycles. The lowest BCUT2D eigenvalue weighted by Crippen LogP contribution is -2.18. The zero-order chi connectivity index (χ0) is 11.7. The van der Waals surface area contributed by atoms with E-state index in [0.717, 1.165) is 23.0 Å². The first-order valence-corrected chi connectivity index (χ1v) is 5.82. The average Bonchev–Trinajstić information content (AvgIpc) is 2.19. The van der Waals surface area contributed by atoms with Crippen molar-refractivity contribution in [2.24, 2.45) is 5.73 Å². The fraction of sp³-hybridized carbons (Fsp3) is 0.250. The smallest absolute Gasteiger partial charge is 0.0721 e. The summed E-state index contributed by atoms with van der Waals surface area (Å²) < 4.78 is 0. The van der Waals surface area contributed by atoms with Crippen LogP contribution in [-0.4, -0.2) is 11.0 Å². The van der Waals surface area contributed by atoms with Crippen LogP contribution in [0.15, 0.2) is 24.3 Å². The van der Waals surface area contributed by atoms with Crippen molar-refractivity contribution in [1.29, 1.82) is 0 Å². The second-order valence-corrected chi connectivity index (χ2v) is 4.76. The predicted molar refractivity (Wildman–Crippen MR) is 69.1 cm³/mol. The Bertz CT molecular complexity index is 524. The second-order valence-electron chi connectivity index (χ2n) is 3.94. The molecule has 0 aliphatic carbocycles. The van der Waals surface area contributed by atoms with Gasteiger partial charge >= 0.3 is 0 Å². The SMILES string of the molecule is CC(N)Cc1ccc2cc(Cl)c(Cl)cc2n1. The topological polar surface area (TPSA) is 38.9 Å². The summed E-state index contributed by atoms with van der Waals surface area (Å²) in [4.78, 5) is 4.49. The Morgan fingerprint density at radius 1 is 1.25 bits per heavy atom. The molecular formula is C12H12Cl2N2. The van der Waals surface area contributed by atoms with Gasteiger partial charge in [-0.2, -0.15) is 0 Å². The summed E-state index contributed by atoms with van der Waals surface area (Å²) in [6.07, 6.45) is 0.760. The Kier molecular flexibility index (Phi) is 3.33. The monoisotopic (exact) mass is 254 g/mol. The minimum Gasteiger partial charge on any atom is -0.328 e. The Hall–Kier alpha value is -0.830. The van der Waals surface area contributed by atoms with Gasteiger partial charge in [0.2, 0.25) is 0 Å². The Labute approximate surface area is 104 Å². The van der Waals surface area contributed by atoms with Crippen molar-refractivity contribution in [3.63, 3.8) is 0 Å². The van der Waals surface area contributed by atoms with E-state index >= 15 is 0 Å². The first kappa shape index (κ1) is 11.6. The molecule has 0 fully saturated rings. The molecule has 2 nitrogen and oxygen atoms in total. The molecule has 1 aromatic heterocycles. The van der Waals surface area contributed by atoms with Gasteiger partial charge in [0.25, 0.3) is 0 Å². The Balaban J connectivity index is 2.49. The molecule has 16 heavy (non-hydrogen) atoms. The van der Waals surface area contributed by atoms with Crippen LogP contribution in [0.3, 0.4) is 0 Å². The summed E-state index contributed by atoms with van der Waals surface area (Å²) in [5.41, 5.74) is 7.56. The lowest BCUT2D eigenvalue weighted by molar-refractivity contribution is 0.725. The maximum absolute atomic E-state index is 5.95. The van der Waals surface area contributed by atoms with Crippen LogP contribution in [0.2, 0.25) is 10.0 Å². The predicted octanol–water partition coefficient (Wildman–Crippen LogP) is 3.43. The van der Waals surface area contributed by atoms with Gasteiger partial charge < -0.3 is 5.73 Å². The summed E-state index contributed by atoms with van der Waals surface area (Å²) in [6.45, 7) is 1.96. The van der Waals surface area contributed by atoms with Crippen LogP contribution >= 0.6 is 23.2 Å². The third kappa shape index (κ3) is 2.46. The van der Waals surface area contributed by atoms with Crippen molar-refractivity contribution >= 4 is 34.1 Å². The molecule has 0 radical (unpaired) electrons. The molecule has 2 aromatic rings. The summed E-state index contributed by atoms with van der Waals surface area (Å²) in [5, 5.41) is 2.07. The highest BCUT2D eigenvalue weighted by atomic mass is 35.5. The van der Waals surface area contributed by atoms with Crippen molar-refractivity contribution in [3.8, 4) is 0 Å². The molecule has 1 heterocycles. The first-order chi connectivity index (χ1) is 7.56. The van der Waals surface area contributed by atoms with E-state index in [4.69, 9.17) is 28.9 Å².